The van der Waals surface area contributed by atoms with Gasteiger partial charge in [0.2, 0.25) is 11.8 Å². The van der Waals surface area contributed by atoms with Gasteiger partial charge in [-0.3, -0.25) is 14.4 Å². The van der Waals surface area contributed by atoms with Gasteiger partial charge in [0, 0.05) is 30.8 Å². The summed E-state index contributed by atoms with van der Waals surface area (Å²) in [5.74, 6) is -0.414. The van der Waals surface area contributed by atoms with Crippen LogP contribution in [0, 0.1) is 5.92 Å². The van der Waals surface area contributed by atoms with Crippen LogP contribution in [0.1, 0.15) is 37.5 Å². The third kappa shape index (κ3) is 5.63. The zero-order valence-corrected chi connectivity index (χ0v) is 14.8. The molecule has 1 aromatic rings. The van der Waals surface area contributed by atoms with Crippen molar-refractivity contribution in [1.29, 1.82) is 0 Å². The maximum Gasteiger partial charge on any atom is 0.309 e. The molecular formula is C17H24N2O4S. The number of esters is 1. The summed E-state index contributed by atoms with van der Waals surface area (Å²) >= 11 is 1.59. The fourth-order valence-corrected chi connectivity index (χ4v) is 3.34. The molecule has 1 fully saturated rings. The van der Waals surface area contributed by atoms with Gasteiger partial charge in [0.25, 0.3) is 0 Å². The van der Waals surface area contributed by atoms with Crippen LogP contribution >= 0.6 is 11.3 Å². The summed E-state index contributed by atoms with van der Waals surface area (Å²) in [6.07, 6.45) is 1.67. The standard InChI is InChI=1S/C17H24N2O4S/c1-2-23-17(22)13-7-9-19(10-8-13)16(21)6-5-15(20)18-12-14-4-3-11-24-14/h3-4,11,13H,2,5-10,12H2,1H3,(H,18,20). The first-order valence-electron chi connectivity index (χ1n) is 8.33. The normalized spacial score (nSPS) is 15.1. The van der Waals surface area contributed by atoms with Gasteiger partial charge in [0.05, 0.1) is 19.1 Å². The second-order valence-electron chi connectivity index (χ2n) is 5.76. The van der Waals surface area contributed by atoms with E-state index in [1.54, 1.807) is 23.2 Å². The molecule has 0 aliphatic carbocycles. The number of nitrogens with zero attached hydrogens (tertiary/aromatic N) is 1. The maximum absolute atomic E-state index is 12.2. The van der Waals surface area contributed by atoms with E-state index in [4.69, 9.17) is 4.74 Å². The maximum atomic E-state index is 12.2. The number of piperidine rings is 1. The molecule has 24 heavy (non-hydrogen) atoms. The van der Waals surface area contributed by atoms with Gasteiger partial charge >= 0.3 is 5.97 Å². The van der Waals surface area contributed by atoms with E-state index < -0.39 is 0 Å². The van der Waals surface area contributed by atoms with E-state index >= 15 is 0 Å². The van der Waals surface area contributed by atoms with E-state index in [-0.39, 0.29) is 36.5 Å². The highest BCUT2D eigenvalue weighted by molar-refractivity contribution is 7.09. The van der Waals surface area contributed by atoms with Gasteiger partial charge < -0.3 is 15.0 Å². The number of hydrogen-bond donors (Lipinski definition) is 1. The summed E-state index contributed by atoms with van der Waals surface area (Å²) in [5, 5.41) is 4.78. The number of hydrogen-bond acceptors (Lipinski definition) is 5. The van der Waals surface area contributed by atoms with Gasteiger partial charge in [0.15, 0.2) is 0 Å². The Morgan fingerprint density at radius 1 is 1.29 bits per heavy atom. The highest BCUT2D eigenvalue weighted by Crippen LogP contribution is 2.19. The zero-order valence-electron chi connectivity index (χ0n) is 14.0. The summed E-state index contributed by atoms with van der Waals surface area (Å²) in [5.41, 5.74) is 0. The van der Waals surface area contributed by atoms with Crippen LogP contribution in [0.3, 0.4) is 0 Å². The lowest BCUT2D eigenvalue weighted by Gasteiger charge is -2.30. The van der Waals surface area contributed by atoms with Crippen molar-refractivity contribution in [3.05, 3.63) is 22.4 Å². The number of ether oxygens (including phenoxy) is 1. The molecule has 0 unspecified atom stereocenters. The molecule has 132 valence electrons. The SMILES string of the molecule is CCOC(=O)C1CCN(C(=O)CCC(=O)NCc2cccs2)CC1. The van der Waals surface area contributed by atoms with Crippen molar-refractivity contribution in [2.75, 3.05) is 19.7 Å². The molecule has 0 bridgehead atoms. The van der Waals surface area contributed by atoms with Gasteiger partial charge in [0.1, 0.15) is 0 Å². The fraction of sp³-hybridized carbons (Fsp3) is 0.588. The Balaban J connectivity index is 1.64. The average Bonchev–Trinajstić information content (AvgIpc) is 3.11. The van der Waals surface area contributed by atoms with Crippen molar-refractivity contribution >= 4 is 29.1 Å². The zero-order chi connectivity index (χ0) is 17.4. The number of nitrogens with one attached hydrogen (secondary N) is 1. The number of carbonyl (C=O) groups is 3. The second-order valence-corrected chi connectivity index (χ2v) is 6.80. The van der Waals surface area contributed by atoms with Crippen molar-refractivity contribution < 1.29 is 19.1 Å². The van der Waals surface area contributed by atoms with Crippen LogP contribution in [-0.4, -0.2) is 42.4 Å². The first kappa shape index (κ1) is 18.4. The molecule has 2 rings (SSSR count). The van der Waals surface area contributed by atoms with Crippen LogP contribution in [-0.2, 0) is 25.7 Å². The minimum atomic E-state index is -0.169. The van der Waals surface area contributed by atoms with Crippen LogP contribution in [0.5, 0.6) is 0 Å². The van der Waals surface area contributed by atoms with Crippen LogP contribution < -0.4 is 5.32 Å². The number of carbonyl (C=O) groups excluding carboxylic acids is 3. The monoisotopic (exact) mass is 352 g/mol. The van der Waals surface area contributed by atoms with E-state index in [1.165, 1.54) is 0 Å². The average molecular weight is 352 g/mol. The molecule has 0 spiro atoms. The lowest BCUT2D eigenvalue weighted by Crippen LogP contribution is -2.41. The molecule has 0 saturated carbocycles. The molecule has 1 N–H and O–H groups in total. The minimum Gasteiger partial charge on any atom is -0.466 e. The van der Waals surface area contributed by atoms with Gasteiger partial charge in [-0.25, -0.2) is 0 Å². The first-order chi connectivity index (χ1) is 11.6. The van der Waals surface area contributed by atoms with Crippen molar-refractivity contribution in [3.8, 4) is 0 Å². The van der Waals surface area contributed by atoms with E-state index in [0.717, 1.165) is 4.88 Å². The predicted molar refractivity (Wildman–Crippen MR) is 91.3 cm³/mol. The Kier molecular flexibility index (Phi) is 7.24. The van der Waals surface area contributed by atoms with E-state index in [1.807, 2.05) is 17.5 Å². The summed E-state index contributed by atoms with van der Waals surface area (Å²) in [6.45, 7) is 3.80. The van der Waals surface area contributed by atoms with Crippen LogP contribution in [0.25, 0.3) is 0 Å². The molecule has 2 amide bonds. The molecule has 6 nitrogen and oxygen atoms in total. The first-order valence-corrected chi connectivity index (χ1v) is 9.21. The quantitative estimate of drug-likeness (QED) is 0.761. The fourth-order valence-electron chi connectivity index (χ4n) is 2.69. The molecular weight excluding hydrogens is 328 g/mol. The number of likely N-dealkylation sites (tertiary alicyclic amines) is 1. The molecule has 0 aromatic carbocycles. The Morgan fingerprint density at radius 2 is 2.04 bits per heavy atom. The Bertz CT molecular complexity index is 551. The van der Waals surface area contributed by atoms with Crippen LogP contribution in [0.4, 0.5) is 0 Å². The van der Waals surface area contributed by atoms with Crippen molar-refractivity contribution in [3.63, 3.8) is 0 Å². The summed E-state index contributed by atoms with van der Waals surface area (Å²) in [4.78, 5) is 38.5. The third-order valence-corrected chi connectivity index (χ3v) is 4.95. The highest BCUT2D eigenvalue weighted by atomic mass is 32.1. The highest BCUT2D eigenvalue weighted by Gasteiger charge is 2.28. The summed E-state index contributed by atoms with van der Waals surface area (Å²) < 4.78 is 5.02. The molecule has 7 heteroatoms. The van der Waals surface area contributed by atoms with Crippen molar-refractivity contribution in [1.82, 2.24) is 10.2 Å². The van der Waals surface area contributed by atoms with Crippen LogP contribution in [0.2, 0.25) is 0 Å². The third-order valence-electron chi connectivity index (χ3n) is 4.07. The number of thiophene rings is 1. The second kappa shape index (κ2) is 9.42. The van der Waals surface area contributed by atoms with Gasteiger partial charge in [-0.1, -0.05) is 6.07 Å². The lowest BCUT2D eigenvalue weighted by atomic mass is 9.96. The van der Waals surface area contributed by atoms with Crippen molar-refractivity contribution in [2.24, 2.45) is 5.92 Å². The largest absolute Gasteiger partial charge is 0.466 e. The molecule has 1 aliphatic heterocycles. The molecule has 1 aliphatic rings. The van der Waals surface area contributed by atoms with E-state index in [2.05, 4.69) is 5.32 Å². The Morgan fingerprint density at radius 3 is 2.67 bits per heavy atom. The van der Waals surface area contributed by atoms with Crippen LogP contribution in [0.15, 0.2) is 17.5 Å². The Labute approximate surface area is 146 Å². The van der Waals surface area contributed by atoms with Gasteiger partial charge in [-0.15, -0.1) is 11.3 Å². The lowest BCUT2D eigenvalue weighted by molar-refractivity contribution is -0.151. The molecule has 0 atom stereocenters. The molecule has 2 heterocycles. The molecule has 1 saturated heterocycles. The van der Waals surface area contributed by atoms with Gasteiger partial charge in [-0.2, -0.15) is 0 Å². The van der Waals surface area contributed by atoms with Crippen molar-refractivity contribution in [2.45, 2.75) is 39.2 Å². The number of rotatable bonds is 7. The molecule has 0 radical (unpaired) electrons. The van der Waals surface area contributed by atoms with E-state index in [9.17, 15) is 14.4 Å². The Hall–Kier alpha value is -1.89. The minimum absolute atomic E-state index is 0.0245. The number of amides is 2. The van der Waals surface area contributed by atoms with E-state index in [0.29, 0.717) is 39.1 Å². The summed E-state index contributed by atoms with van der Waals surface area (Å²) in [6, 6.07) is 3.90. The predicted octanol–water partition coefficient (Wildman–Crippen LogP) is 1.95. The van der Waals surface area contributed by atoms with Gasteiger partial charge in [-0.05, 0) is 31.2 Å². The summed E-state index contributed by atoms with van der Waals surface area (Å²) in [7, 11) is 0. The topological polar surface area (TPSA) is 75.7 Å². The molecule has 1 aromatic heterocycles. The smallest absolute Gasteiger partial charge is 0.309 e.